The minimum absolute atomic E-state index is 0.0230. The van der Waals surface area contributed by atoms with Crippen LogP contribution in [0.1, 0.15) is 32.3 Å². The number of carbonyl (C=O) groups is 1. The van der Waals surface area contributed by atoms with E-state index in [1.807, 2.05) is 24.3 Å². The van der Waals surface area contributed by atoms with Crippen LogP contribution in [0.2, 0.25) is 0 Å². The van der Waals surface area contributed by atoms with E-state index in [1.54, 1.807) is 0 Å². The quantitative estimate of drug-likeness (QED) is 0.526. The number of ether oxygens (including phenoxy) is 1. The molecule has 1 unspecified atom stereocenters. The lowest BCUT2D eigenvalue weighted by Crippen LogP contribution is -2.38. The van der Waals surface area contributed by atoms with Gasteiger partial charge in [-0.1, -0.05) is 62.4 Å². The summed E-state index contributed by atoms with van der Waals surface area (Å²) in [5.74, 6) is 0.305. The normalized spacial score (nSPS) is 16.0. The van der Waals surface area contributed by atoms with Crippen LogP contribution >= 0.6 is 0 Å². The molecule has 1 atom stereocenters. The van der Waals surface area contributed by atoms with Crippen LogP contribution in [0.5, 0.6) is 0 Å². The standard InChI is InChI=1S/C24H28N6O2/c1-4-14-30-21(22(24(31)32-3)20(5-2)27-30)15-16-10-12-17(13-11-16)18-8-6-7-9-19(18)23-25-28-29-26-23/h6-13,20,27H,4-5,14-15H2,1-3H3,(H,25,26,28,29). The molecule has 0 saturated heterocycles. The molecule has 2 heterocycles. The number of tetrazole rings is 1. The highest BCUT2D eigenvalue weighted by atomic mass is 16.5. The first-order chi connectivity index (χ1) is 15.7. The summed E-state index contributed by atoms with van der Waals surface area (Å²) in [6.45, 7) is 5.04. The molecule has 1 aromatic heterocycles. The first kappa shape index (κ1) is 21.7. The minimum atomic E-state index is -0.261. The van der Waals surface area contributed by atoms with Crippen molar-refractivity contribution >= 4 is 5.97 Å². The molecule has 0 saturated carbocycles. The van der Waals surface area contributed by atoms with E-state index >= 15 is 0 Å². The Morgan fingerprint density at radius 2 is 1.84 bits per heavy atom. The van der Waals surface area contributed by atoms with Crippen LogP contribution in [0, 0.1) is 0 Å². The molecule has 1 aliphatic rings. The topological polar surface area (TPSA) is 96.0 Å². The monoisotopic (exact) mass is 432 g/mol. The van der Waals surface area contributed by atoms with Gasteiger partial charge in [0.05, 0.1) is 18.7 Å². The van der Waals surface area contributed by atoms with Gasteiger partial charge in [0.2, 0.25) is 5.82 Å². The number of H-pyrrole nitrogens is 1. The zero-order valence-corrected chi connectivity index (χ0v) is 18.6. The molecule has 0 spiro atoms. The number of rotatable bonds is 8. The molecule has 1 aliphatic heterocycles. The van der Waals surface area contributed by atoms with Gasteiger partial charge in [-0.2, -0.15) is 5.21 Å². The van der Waals surface area contributed by atoms with E-state index < -0.39 is 0 Å². The van der Waals surface area contributed by atoms with Gasteiger partial charge < -0.3 is 9.75 Å². The maximum atomic E-state index is 12.6. The third-order valence-electron chi connectivity index (χ3n) is 5.71. The van der Waals surface area contributed by atoms with E-state index in [0.29, 0.717) is 12.2 Å². The van der Waals surface area contributed by atoms with E-state index in [4.69, 9.17) is 4.74 Å². The molecule has 0 aliphatic carbocycles. The van der Waals surface area contributed by atoms with Crippen molar-refractivity contribution in [3.63, 3.8) is 0 Å². The van der Waals surface area contributed by atoms with Crippen molar-refractivity contribution in [1.82, 2.24) is 31.1 Å². The Labute approximate surface area is 187 Å². The van der Waals surface area contributed by atoms with Gasteiger partial charge in [0.25, 0.3) is 0 Å². The number of nitrogens with zero attached hydrogens (tertiary/aromatic N) is 4. The lowest BCUT2D eigenvalue weighted by molar-refractivity contribution is -0.136. The lowest BCUT2D eigenvalue weighted by Gasteiger charge is -2.23. The molecule has 3 aromatic rings. The van der Waals surface area contributed by atoms with Crippen LogP contribution in [0.15, 0.2) is 59.8 Å². The number of allylic oxidation sites excluding steroid dienone is 1. The molecule has 8 nitrogen and oxygen atoms in total. The van der Waals surface area contributed by atoms with Crippen molar-refractivity contribution < 1.29 is 9.53 Å². The summed E-state index contributed by atoms with van der Waals surface area (Å²) in [5.41, 5.74) is 9.35. The van der Waals surface area contributed by atoms with E-state index in [0.717, 1.165) is 52.9 Å². The molecule has 166 valence electrons. The average Bonchev–Trinajstić information content (AvgIpc) is 3.48. The molecular weight excluding hydrogens is 404 g/mol. The molecule has 0 amide bonds. The maximum absolute atomic E-state index is 12.6. The predicted octanol–water partition coefficient (Wildman–Crippen LogP) is 3.51. The second-order valence-electron chi connectivity index (χ2n) is 7.75. The number of benzene rings is 2. The van der Waals surface area contributed by atoms with Gasteiger partial charge >= 0.3 is 5.97 Å². The molecule has 2 aromatic carbocycles. The van der Waals surface area contributed by atoms with E-state index in [2.05, 4.69) is 69.2 Å². The zero-order valence-electron chi connectivity index (χ0n) is 18.6. The van der Waals surface area contributed by atoms with Gasteiger partial charge in [-0.15, -0.1) is 10.2 Å². The fourth-order valence-corrected chi connectivity index (χ4v) is 4.16. The summed E-state index contributed by atoms with van der Waals surface area (Å²) in [6.07, 6.45) is 2.45. The first-order valence-electron chi connectivity index (χ1n) is 10.9. The van der Waals surface area contributed by atoms with Gasteiger partial charge in [-0.25, -0.2) is 10.2 Å². The molecule has 32 heavy (non-hydrogen) atoms. The van der Waals surface area contributed by atoms with Gasteiger partial charge in [-0.3, -0.25) is 0 Å². The van der Waals surface area contributed by atoms with Gasteiger partial charge in [0, 0.05) is 24.2 Å². The second kappa shape index (κ2) is 9.74. The fraction of sp³-hybridized carbons (Fsp3) is 0.333. The summed E-state index contributed by atoms with van der Waals surface area (Å²) in [6, 6.07) is 16.4. The van der Waals surface area contributed by atoms with Crippen molar-refractivity contribution in [2.75, 3.05) is 13.7 Å². The number of esters is 1. The Kier molecular flexibility index (Phi) is 6.61. The first-order valence-corrected chi connectivity index (χ1v) is 10.9. The summed E-state index contributed by atoms with van der Waals surface area (Å²) in [4.78, 5) is 12.6. The van der Waals surface area contributed by atoms with E-state index in [-0.39, 0.29) is 12.0 Å². The van der Waals surface area contributed by atoms with Crippen LogP contribution < -0.4 is 5.43 Å². The largest absolute Gasteiger partial charge is 0.466 e. The smallest absolute Gasteiger partial charge is 0.337 e. The molecule has 8 heteroatoms. The van der Waals surface area contributed by atoms with Crippen LogP contribution in [0.3, 0.4) is 0 Å². The summed E-state index contributed by atoms with van der Waals surface area (Å²) in [7, 11) is 1.44. The highest BCUT2D eigenvalue weighted by molar-refractivity contribution is 5.91. The second-order valence-corrected chi connectivity index (χ2v) is 7.75. The van der Waals surface area contributed by atoms with Gasteiger partial charge in [0.1, 0.15) is 0 Å². The Bertz CT molecular complexity index is 1090. The van der Waals surface area contributed by atoms with Crippen molar-refractivity contribution in [1.29, 1.82) is 0 Å². The van der Waals surface area contributed by atoms with Crippen molar-refractivity contribution in [3.8, 4) is 22.5 Å². The van der Waals surface area contributed by atoms with Crippen molar-refractivity contribution in [2.24, 2.45) is 0 Å². The fourth-order valence-electron chi connectivity index (χ4n) is 4.16. The third kappa shape index (κ3) is 4.27. The zero-order chi connectivity index (χ0) is 22.5. The molecule has 0 bridgehead atoms. The number of hydrogen-bond donors (Lipinski definition) is 2. The highest BCUT2D eigenvalue weighted by Gasteiger charge is 2.34. The van der Waals surface area contributed by atoms with Gasteiger partial charge in [-0.05, 0) is 34.7 Å². The minimum Gasteiger partial charge on any atom is -0.466 e. The number of hydrogen-bond acceptors (Lipinski definition) is 7. The summed E-state index contributed by atoms with van der Waals surface area (Å²) < 4.78 is 5.10. The molecule has 0 fully saturated rings. The number of aromatic amines is 1. The Morgan fingerprint density at radius 1 is 1.09 bits per heavy atom. The van der Waals surface area contributed by atoms with Crippen LogP contribution in [-0.2, 0) is 16.0 Å². The van der Waals surface area contributed by atoms with Gasteiger partial charge in [0.15, 0.2) is 0 Å². The number of hydrazine groups is 1. The van der Waals surface area contributed by atoms with Crippen LogP contribution in [0.4, 0.5) is 0 Å². The highest BCUT2D eigenvalue weighted by Crippen LogP contribution is 2.31. The lowest BCUT2D eigenvalue weighted by atomic mass is 9.96. The van der Waals surface area contributed by atoms with E-state index in [9.17, 15) is 4.79 Å². The van der Waals surface area contributed by atoms with Crippen molar-refractivity contribution in [2.45, 2.75) is 39.2 Å². The Balaban J connectivity index is 1.64. The number of carbonyl (C=O) groups excluding carboxylic acids is 1. The predicted molar refractivity (Wildman–Crippen MR) is 122 cm³/mol. The Morgan fingerprint density at radius 3 is 2.47 bits per heavy atom. The van der Waals surface area contributed by atoms with E-state index in [1.165, 1.54) is 7.11 Å². The van der Waals surface area contributed by atoms with Crippen molar-refractivity contribution in [3.05, 3.63) is 65.4 Å². The molecule has 0 radical (unpaired) electrons. The van der Waals surface area contributed by atoms with Crippen LogP contribution in [-0.4, -0.2) is 51.3 Å². The summed E-state index contributed by atoms with van der Waals surface area (Å²) >= 11 is 0. The van der Waals surface area contributed by atoms with Crippen LogP contribution in [0.25, 0.3) is 22.5 Å². The summed E-state index contributed by atoms with van der Waals surface area (Å²) in [5, 5.41) is 16.5. The molecule has 4 rings (SSSR count). The number of methoxy groups -OCH3 is 1. The Hall–Kier alpha value is -3.52. The maximum Gasteiger partial charge on any atom is 0.337 e. The SMILES string of the molecule is CCCN1NC(CC)C(C(=O)OC)=C1Cc1ccc(-c2ccccc2-c2nn[nH]n2)cc1. The molecular formula is C24H28N6O2. The molecule has 2 N–H and O–H groups in total. The third-order valence-corrected chi connectivity index (χ3v) is 5.71. The number of nitrogens with one attached hydrogen (secondary N) is 2. The number of aromatic nitrogens is 4. The average molecular weight is 433 g/mol.